The molecule has 0 N–H and O–H groups in total. The Labute approximate surface area is 75.5 Å². The Morgan fingerprint density at radius 3 is 2.17 bits per heavy atom. The Hall–Kier alpha value is -0.0400. The zero-order chi connectivity index (χ0) is 8.39. The van der Waals surface area contributed by atoms with E-state index in [1.807, 2.05) is 0 Å². The molecule has 0 radical (unpaired) electrons. The van der Waals surface area contributed by atoms with Crippen LogP contribution in [-0.2, 0) is 4.74 Å². The third kappa shape index (κ3) is 2.01. The summed E-state index contributed by atoms with van der Waals surface area (Å²) in [6, 6.07) is 0. The minimum atomic E-state index is 0.622. The Kier molecular flexibility index (Phi) is 2.69. The van der Waals surface area contributed by atoms with Gasteiger partial charge in [0.15, 0.2) is 0 Å². The molecular formula is C11H20O. The minimum Gasteiger partial charge on any atom is -0.375 e. The van der Waals surface area contributed by atoms with Gasteiger partial charge in [0.2, 0.25) is 0 Å². The van der Waals surface area contributed by atoms with E-state index in [-0.39, 0.29) is 0 Å². The number of rotatable bonds is 2. The molecule has 0 unspecified atom stereocenters. The Balaban J connectivity index is 1.65. The zero-order valence-corrected chi connectivity index (χ0v) is 8.09. The fraction of sp³-hybridized carbons (Fsp3) is 1.00. The summed E-state index contributed by atoms with van der Waals surface area (Å²) in [5, 5.41) is 0. The number of ether oxygens (including phenoxy) is 1. The van der Waals surface area contributed by atoms with Gasteiger partial charge in [0.05, 0.1) is 12.2 Å². The maximum absolute atomic E-state index is 6.00. The molecule has 0 spiro atoms. The molecule has 0 atom stereocenters. The molecule has 70 valence electrons. The summed E-state index contributed by atoms with van der Waals surface area (Å²) in [6.45, 7) is 2.32. The van der Waals surface area contributed by atoms with Crippen molar-refractivity contribution in [1.82, 2.24) is 0 Å². The van der Waals surface area contributed by atoms with Gasteiger partial charge in [0, 0.05) is 0 Å². The summed E-state index contributed by atoms with van der Waals surface area (Å²) in [7, 11) is 0. The van der Waals surface area contributed by atoms with Crippen molar-refractivity contribution in [3.05, 3.63) is 0 Å². The van der Waals surface area contributed by atoms with Crippen LogP contribution in [0.25, 0.3) is 0 Å². The third-order valence-electron chi connectivity index (χ3n) is 3.27. The third-order valence-corrected chi connectivity index (χ3v) is 3.27. The maximum Gasteiger partial charge on any atom is 0.0584 e. The molecule has 0 aliphatic heterocycles. The molecule has 0 heterocycles. The smallest absolute Gasteiger partial charge is 0.0584 e. The molecule has 2 aliphatic rings. The van der Waals surface area contributed by atoms with E-state index >= 15 is 0 Å². The minimum absolute atomic E-state index is 0.622. The topological polar surface area (TPSA) is 9.23 Å². The summed E-state index contributed by atoms with van der Waals surface area (Å²) < 4.78 is 6.00. The van der Waals surface area contributed by atoms with E-state index in [4.69, 9.17) is 4.74 Å². The summed E-state index contributed by atoms with van der Waals surface area (Å²) >= 11 is 0. The molecule has 0 aromatic heterocycles. The summed E-state index contributed by atoms with van der Waals surface area (Å²) in [5.41, 5.74) is 0. The Bertz CT molecular complexity index is 132. The van der Waals surface area contributed by atoms with Gasteiger partial charge in [0.1, 0.15) is 0 Å². The predicted molar refractivity (Wildman–Crippen MR) is 50.1 cm³/mol. The largest absolute Gasteiger partial charge is 0.375 e. The Morgan fingerprint density at radius 1 is 0.917 bits per heavy atom. The van der Waals surface area contributed by atoms with E-state index in [1.165, 1.54) is 44.9 Å². The van der Waals surface area contributed by atoms with Gasteiger partial charge in [0.25, 0.3) is 0 Å². The molecule has 0 bridgehead atoms. The van der Waals surface area contributed by atoms with Crippen molar-refractivity contribution in [2.24, 2.45) is 5.92 Å². The van der Waals surface area contributed by atoms with Gasteiger partial charge in [-0.3, -0.25) is 0 Å². The molecule has 2 aliphatic carbocycles. The highest BCUT2D eigenvalue weighted by Crippen LogP contribution is 2.32. The fourth-order valence-corrected chi connectivity index (χ4v) is 2.41. The van der Waals surface area contributed by atoms with Gasteiger partial charge < -0.3 is 4.74 Å². The van der Waals surface area contributed by atoms with E-state index in [9.17, 15) is 0 Å². The van der Waals surface area contributed by atoms with Crippen molar-refractivity contribution in [3.8, 4) is 0 Å². The van der Waals surface area contributed by atoms with Crippen molar-refractivity contribution < 1.29 is 4.74 Å². The second-order valence-electron chi connectivity index (χ2n) is 4.59. The average molecular weight is 168 g/mol. The van der Waals surface area contributed by atoms with Gasteiger partial charge in [-0.1, -0.05) is 26.2 Å². The lowest BCUT2D eigenvalue weighted by molar-refractivity contribution is -0.0832. The van der Waals surface area contributed by atoms with Crippen LogP contribution in [0.15, 0.2) is 0 Å². The first-order chi connectivity index (χ1) is 5.84. The number of hydrogen-bond acceptors (Lipinski definition) is 1. The van der Waals surface area contributed by atoms with Crippen LogP contribution in [0.4, 0.5) is 0 Å². The molecule has 2 saturated carbocycles. The van der Waals surface area contributed by atoms with Crippen LogP contribution in [0.1, 0.15) is 51.9 Å². The van der Waals surface area contributed by atoms with Crippen molar-refractivity contribution in [1.29, 1.82) is 0 Å². The van der Waals surface area contributed by atoms with Gasteiger partial charge in [-0.05, 0) is 31.6 Å². The molecule has 0 amide bonds. The fourth-order valence-electron chi connectivity index (χ4n) is 2.41. The van der Waals surface area contributed by atoms with Crippen LogP contribution < -0.4 is 0 Å². The molecule has 2 fully saturated rings. The van der Waals surface area contributed by atoms with E-state index in [0.29, 0.717) is 12.2 Å². The van der Waals surface area contributed by atoms with Crippen LogP contribution in [0.2, 0.25) is 0 Å². The van der Waals surface area contributed by atoms with Crippen molar-refractivity contribution in [3.63, 3.8) is 0 Å². The molecule has 2 rings (SSSR count). The van der Waals surface area contributed by atoms with Crippen LogP contribution in [0.5, 0.6) is 0 Å². The van der Waals surface area contributed by atoms with Crippen LogP contribution >= 0.6 is 0 Å². The number of hydrogen-bond donors (Lipinski definition) is 0. The lowest BCUT2D eigenvalue weighted by Crippen LogP contribution is -2.34. The van der Waals surface area contributed by atoms with Gasteiger partial charge in [-0.2, -0.15) is 0 Å². The van der Waals surface area contributed by atoms with E-state index < -0.39 is 0 Å². The molecule has 12 heavy (non-hydrogen) atoms. The van der Waals surface area contributed by atoms with Gasteiger partial charge >= 0.3 is 0 Å². The van der Waals surface area contributed by atoms with Crippen molar-refractivity contribution >= 4 is 0 Å². The zero-order valence-electron chi connectivity index (χ0n) is 8.09. The van der Waals surface area contributed by atoms with Crippen LogP contribution in [-0.4, -0.2) is 12.2 Å². The monoisotopic (exact) mass is 168 g/mol. The first-order valence-corrected chi connectivity index (χ1v) is 5.50. The highest BCUT2D eigenvalue weighted by atomic mass is 16.5. The quantitative estimate of drug-likeness (QED) is 0.615. The molecule has 1 heteroatoms. The molecular weight excluding hydrogens is 148 g/mol. The normalized spacial score (nSPS) is 37.8. The van der Waals surface area contributed by atoms with E-state index in [0.717, 1.165) is 5.92 Å². The molecule has 0 aromatic carbocycles. The van der Waals surface area contributed by atoms with Crippen molar-refractivity contribution in [2.75, 3.05) is 0 Å². The van der Waals surface area contributed by atoms with E-state index in [1.54, 1.807) is 0 Å². The maximum atomic E-state index is 6.00. The second-order valence-corrected chi connectivity index (χ2v) is 4.59. The lowest BCUT2D eigenvalue weighted by atomic mass is 9.83. The van der Waals surface area contributed by atoms with Crippen LogP contribution in [0, 0.1) is 5.92 Å². The summed E-state index contributed by atoms with van der Waals surface area (Å²) in [5.74, 6) is 0.929. The summed E-state index contributed by atoms with van der Waals surface area (Å²) in [6.07, 6.45) is 10.8. The first kappa shape index (κ1) is 8.55. The highest BCUT2D eigenvalue weighted by molar-refractivity contribution is 4.79. The predicted octanol–water partition coefficient (Wildman–Crippen LogP) is 3.13. The lowest BCUT2D eigenvalue weighted by Gasteiger charge is -2.36. The molecule has 0 saturated heterocycles. The van der Waals surface area contributed by atoms with Crippen molar-refractivity contribution in [2.45, 2.75) is 64.1 Å². The van der Waals surface area contributed by atoms with Gasteiger partial charge in [-0.15, -0.1) is 0 Å². The standard InChI is InChI=1S/C11H20O/c1-9-7-11(8-9)12-10-5-3-2-4-6-10/h9-11H,2-8H2,1H3. The molecule has 1 nitrogen and oxygen atoms in total. The van der Waals surface area contributed by atoms with Crippen LogP contribution in [0.3, 0.4) is 0 Å². The summed E-state index contributed by atoms with van der Waals surface area (Å²) in [4.78, 5) is 0. The highest BCUT2D eigenvalue weighted by Gasteiger charge is 2.28. The van der Waals surface area contributed by atoms with E-state index in [2.05, 4.69) is 6.92 Å². The SMILES string of the molecule is CC1CC(OC2CCCCC2)C1. The Morgan fingerprint density at radius 2 is 1.58 bits per heavy atom. The van der Waals surface area contributed by atoms with Gasteiger partial charge in [-0.25, -0.2) is 0 Å². The second kappa shape index (κ2) is 3.78. The first-order valence-electron chi connectivity index (χ1n) is 5.50. The molecule has 0 aromatic rings. The average Bonchev–Trinajstić information content (AvgIpc) is 2.04.